The highest BCUT2D eigenvalue weighted by atomic mass is 14.9. The fourth-order valence-electron chi connectivity index (χ4n) is 8.35. The molecule has 0 aliphatic carbocycles. The summed E-state index contributed by atoms with van der Waals surface area (Å²) < 4.78 is 0. The molecule has 9 aromatic carbocycles. The van der Waals surface area contributed by atoms with Crippen molar-refractivity contribution in [1.29, 1.82) is 0 Å². The molecule has 0 saturated heterocycles. The van der Waals surface area contributed by atoms with Gasteiger partial charge in [-0.1, -0.05) is 170 Å². The van der Waals surface area contributed by atoms with Gasteiger partial charge in [0.15, 0.2) is 5.82 Å². The summed E-state index contributed by atoms with van der Waals surface area (Å²) in [4.78, 5) is 14.8. The highest BCUT2D eigenvalue weighted by Gasteiger charge is 2.15. The molecule has 0 atom stereocenters. The van der Waals surface area contributed by atoms with Crippen molar-refractivity contribution in [3.8, 4) is 67.3 Å². The van der Waals surface area contributed by atoms with E-state index < -0.39 is 0 Å². The first-order valence-corrected chi connectivity index (χ1v) is 19.0. The van der Waals surface area contributed by atoms with E-state index in [0.29, 0.717) is 5.82 Å². The Labute approximate surface area is 324 Å². The van der Waals surface area contributed by atoms with E-state index in [1.807, 2.05) is 12.3 Å². The Morgan fingerprint density at radius 1 is 0.304 bits per heavy atom. The van der Waals surface area contributed by atoms with E-state index in [1.165, 1.54) is 65.3 Å². The van der Waals surface area contributed by atoms with Gasteiger partial charge < -0.3 is 0 Å². The van der Waals surface area contributed by atoms with Crippen LogP contribution in [0.25, 0.3) is 110 Å². The van der Waals surface area contributed by atoms with Gasteiger partial charge in [-0.05, 0) is 89.1 Å². The molecule has 0 aliphatic rings. The molecule has 3 nitrogen and oxygen atoms in total. The number of hydrogen-bond donors (Lipinski definition) is 0. The van der Waals surface area contributed by atoms with E-state index >= 15 is 0 Å². The Morgan fingerprint density at radius 2 is 0.857 bits per heavy atom. The maximum atomic E-state index is 5.21. The summed E-state index contributed by atoms with van der Waals surface area (Å²) in [6, 6.07) is 67.3. The summed E-state index contributed by atoms with van der Waals surface area (Å²) in [6.07, 6.45) is 3.69. The van der Waals surface area contributed by atoms with Crippen LogP contribution in [-0.2, 0) is 0 Å². The van der Waals surface area contributed by atoms with E-state index in [2.05, 4.69) is 187 Å². The fraction of sp³-hybridized carbons (Fsp3) is 0. The van der Waals surface area contributed by atoms with Gasteiger partial charge in [0.2, 0.25) is 0 Å². The number of aromatic nitrogens is 3. The number of rotatable bonds is 6. The molecule has 260 valence electrons. The van der Waals surface area contributed by atoms with E-state index in [4.69, 9.17) is 9.97 Å². The summed E-state index contributed by atoms with van der Waals surface area (Å²) >= 11 is 0. The third-order valence-corrected chi connectivity index (χ3v) is 11.1. The molecular formula is C53H33N3. The lowest BCUT2D eigenvalue weighted by atomic mass is 9.89. The largest absolute Gasteiger partial charge is 0.264 e. The monoisotopic (exact) mass is 711 g/mol. The van der Waals surface area contributed by atoms with Gasteiger partial charge in [-0.25, -0.2) is 9.97 Å². The van der Waals surface area contributed by atoms with Gasteiger partial charge in [-0.2, -0.15) is 0 Å². The second kappa shape index (κ2) is 13.1. The summed E-state index contributed by atoms with van der Waals surface area (Å²) in [7, 11) is 0. The van der Waals surface area contributed by atoms with E-state index in [1.54, 1.807) is 6.20 Å². The van der Waals surface area contributed by atoms with E-state index in [0.717, 1.165) is 39.2 Å². The van der Waals surface area contributed by atoms with Gasteiger partial charge >= 0.3 is 0 Å². The Bertz CT molecular complexity index is 3200. The second-order valence-corrected chi connectivity index (χ2v) is 14.4. The number of benzene rings is 9. The van der Waals surface area contributed by atoms with Crippen LogP contribution in [0.1, 0.15) is 0 Å². The highest BCUT2D eigenvalue weighted by Crippen LogP contribution is 2.40. The van der Waals surface area contributed by atoms with E-state index in [-0.39, 0.29) is 0 Å². The third kappa shape index (κ3) is 5.49. The molecule has 0 amide bonds. The zero-order chi connectivity index (χ0) is 37.0. The average molecular weight is 712 g/mol. The van der Waals surface area contributed by atoms with Crippen LogP contribution in [0.2, 0.25) is 0 Å². The first kappa shape index (κ1) is 32.0. The SMILES string of the molecule is c1cncc(-c2cccc(-c3nc(-c4ccc(-c5cccc6ccccc56)cc4)cc(-c4ccc(-c5ccc6ccc7cccc8ccc5c6c78)cc4)n3)c2)c1. The van der Waals surface area contributed by atoms with Gasteiger partial charge in [0, 0.05) is 34.6 Å². The number of fused-ring (bicyclic) bond motifs is 1. The molecule has 11 aromatic rings. The first-order valence-electron chi connectivity index (χ1n) is 19.0. The molecule has 0 unspecified atom stereocenters. The lowest BCUT2D eigenvalue weighted by molar-refractivity contribution is 1.18. The molecule has 0 bridgehead atoms. The Morgan fingerprint density at radius 3 is 1.59 bits per heavy atom. The molecule has 0 radical (unpaired) electrons. The fourth-order valence-corrected chi connectivity index (χ4v) is 8.35. The lowest BCUT2D eigenvalue weighted by Crippen LogP contribution is -1.96. The molecule has 0 fully saturated rings. The molecule has 0 aliphatic heterocycles. The molecule has 0 spiro atoms. The third-order valence-electron chi connectivity index (χ3n) is 11.1. The Hall–Kier alpha value is -7.49. The van der Waals surface area contributed by atoms with Crippen LogP contribution in [0.3, 0.4) is 0 Å². The van der Waals surface area contributed by atoms with Gasteiger partial charge in [0.05, 0.1) is 11.4 Å². The normalized spacial score (nSPS) is 11.6. The van der Waals surface area contributed by atoms with Crippen molar-refractivity contribution in [1.82, 2.24) is 15.0 Å². The van der Waals surface area contributed by atoms with Crippen LogP contribution < -0.4 is 0 Å². The van der Waals surface area contributed by atoms with Crippen molar-refractivity contribution in [2.75, 3.05) is 0 Å². The van der Waals surface area contributed by atoms with Gasteiger partial charge in [-0.3, -0.25) is 4.98 Å². The second-order valence-electron chi connectivity index (χ2n) is 14.4. The van der Waals surface area contributed by atoms with Crippen LogP contribution in [0.4, 0.5) is 0 Å². The van der Waals surface area contributed by atoms with E-state index in [9.17, 15) is 0 Å². The van der Waals surface area contributed by atoms with Gasteiger partial charge in [-0.15, -0.1) is 0 Å². The van der Waals surface area contributed by atoms with Gasteiger partial charge in [0.25, 0.3) is 0 Å². The van der Waals surface area contributed by atoms with Crippen molar-refractivity contribution in [2.45, 2.75) is 0 Å². The molecular weight excluding hydrogens is 679 g/mol. The van der Waals surface area contributed by atoms with Crippen molar-refractivity contribution < 1.29 is 0 Å². The molecule has 3 heteroatoms. The zero-order valence-electron chi connectivity index (χ0n) is 30.4. The Balaban J connectivity index is 1.02. The maximum Gasteiger partial charge on any atom is 0.160 e. The molecule has 2 heterocycles. The van der Waals surface area contributed by atoms with Crippen LogP contribution in [0.5, 0.6) is 0 Å². The first-order chi connectivity index (χ1) is 27.7. The summed E-state index contributed by atoms with van der Waals surface area (Å²) in [5.74, 6) is 0.678. The van der Waals surface area contributed by atoms with Crippen LogP contribution in [0, 0.1) is 0 Å². The smallest absolute Gasteiger partial charge is 0.160 e. The number of pyridine rings is 1. The molecule has 2 aromatic heterocycles. The van der Waals surface area contributed by atoms with Crippen molar-refractivity contribution in [2.24, 2.45) is 0 Å². The van der Waals surface area contributed by atoms with Crippen molar-refractivity contribution in [3.05, 3.63) is 200 Å². The van der Waals surface area contributed by atoms with Crippen molar-refractivity contribution >= 4 is 43.1 Å². The predicted molar refractivity (Wildman–Crippen MR) is 234 cm³/mol. The Kier molecular flexibility index (Phi) is 7.49. The van der Waals surface area contributed by atoms with Crippen LogP contribution in [0.15, 0.2) is 200 Å². The molecule has 0 N–H and O–H groups in total. The maximum absolute atomic E-state index is 5.21. The average Bonchev–Trinajstić information content (AvgIpc) is 3.28. The minimum absolute atomic E-state index is 0.678. The van der Waals surface area contributed by atoms with Crippen molar-refractivity contribution in [3.63, 3.8) is 0 Å². The number of nitrogens with zero attached hydrogens (tertiary/aromatic N) is 3. The molecule has 0 saturated carbocycles. The van der Waals surface area contributed by atoms with Crippen LogP contribution >= 0.6 is 0 Å². The zero-order valence-corrected chi connectivity index (χ0v) is 30.4. The van der Waals surface area contributed by atoms with Gasteiger partial charge in [0.1, 0.15) is 0 Å². The topological polar surface area (TPSA) is 38.7 Å². The highest BCUT2D eigenvalue weighted by molar-refractivity contribution is 6.25. The van der Waals surface area contributed by atoms with Crippen LogP contribution in [-0.4, -0.2) is 15.0 Å². The minimum Gasteiger partial charge on any atom is -0.264 e. The molecule has 11 rings (SSSR count). The summed E-state index contributed by atoms with van der Waals surface area (Å²) in [6.45, 7) is 0. The standard InChI is InChI=1S/C53H33N3/c1-2-14-45-34(7-1)8-5-15-46(45)35-16-20-37(21-17-35)49-32-50(56-53(55-49)43-12-4-11-42(31-43)44-13-6-30-54-33-44)38-22-18-36(19-23-38)47-28-26-41-25-24-39-9-3-10-40-27-29-48(47)52(41)51(39)40/h1-33H. The predicted octanol–water partition coefficient (Wildman–Crippen LogP) is 13.9. The number of hydrogen-bond acceptors (Lipinski definition) is 3. The minimum atomic E-state index is 0.678. The lowest BCUT2D eigenvalue weighted by Gasteiger charge is -2.14. The molecule has 56 heavy (non-hydrogen) atoms. The summed E-state index contributed by atoms with van der Waals surface area (Å²) in [5, 5.41) is 10.2. The summed E-state index contributed by atoms with van der Waals surface area (Å²) in [5.41, 5.74) is 11.7. The quantitative estimate of drug-likeness (QED) is 0.161.